The van der Waals surface area contributed by atoms with E-state index in [9.17, 15) is 0 Å². The van der Waals surface area contributed by atoms with Crippen LogP contribution in [0.25, 0.3) is 0 Å². The van der Waals surface area contributed by atoms with Crippen LogP contribution in [0, 0.1) is 0 Å². The van der Waals surface area contributed by atoms with Crippen molar-refractivity contribution in [2.45, 2.75) is 13.0 Å². The Morgan fingerprint density at radius 3 is 3.00 bits per heavy atom. The van der Waals surface area contributed by atoms with Crippen molar-refractivity contribution in [2.24, 2.45) is 0 Å². The highest BCUT2D eigenvalue weighted by Gasteiger charge is 2.20. The van der Waals surface area contributed by atoms with Gasteiger partial charge in [0.15, 0.2) is 0 Å². The highest BCUT2D eigenvalue weighted by molar-refractivity contribution is 9.10. The molecule has 104 valence electrons. The second-order valence-electron chi connectivity index (χ2n) is 4.80. The van der Waals surface area contributed by atoms with Gasteiger partial charge in [-0.25, -0.2) is 4.98 Å². The molecule has 0 fully saturated rings. The fraction of sp³-hybridized carbons (Fsp3) is 0.286. The first-order valence-electron chi connectivity index (χ1n) is 6.50. The number of nitrogen functional groups attached to an aromatic ring is 1. The zero-order valence-electron chi connectivity index (χ0n) is 11.2. The van der Waals surface area contributed by atoms with Gasteiger partial charge >= 0.3 is 0 Å². The van der Waals surface area contributed by atoms with Gasteiger partial charge in [0, 0.05) is 42.3 Å². The van der Waals surface area contributed by atoms with Crippen LogP contribution in [0.1, 0.15) is 11.3 Å². The molecule has 1 aliphatic heterocycles. The molecule has 0 atom stereocenters. The van der Waals surface area contributed by atoms with E-state index in [0.29, 0.717) is 5.95 Å². The van der Waals surface area contributed by atoms with Crippen LogP contribution >= 0.6 is 15.9 Å². The predicted octanol–water partition coefficient (Wildman–Crippen LogP) is 2.23. The van der Waals surface area contributed by atoms with Crippen LogP contribution in [0.15, 0.2) is 28.7 Å². The second kappa shape index (κ2) is 5.38. The Balaban J connectivity index is 2.07. The molecule has 6 heteroatoms. The number of nitrogens with zero attached hydrogens (tertiary/aromatic N) is 3. The maximum atomic E-state index is 5.85. The molecule has 0 unspecified atom stereocenters. The molecule has 5 nitrogen and oxygen atoms in total. The number of rotatable bonds is 2. The van der Waals surface area contributed by atoms with Gasteiger partial charge < -0.3 is 16.0 Å². The molecule has 1 aromatic carbocycles. The van der Waals surface area contributed by atoms with E-state index in [1.165, 1.54) is 0 Å². The largest absolute Gasteiger partial charge is 0.368 e. The van der Waals surface area contributed by atoms with E-state index in [0.717, 1.165) is 46.7 Å². The van der Waals surface area contributed by atoms with Gasteiger partial charge in [-0.3, -0.25) is 0 Å². The number of hydrogen-bond acceptors (Lipinski definition) is 5. The van der Waals surface area contributed by atoms with Gasteiger partial charge in [0.05, 0.1) is 5.69 Å². The third kappa shape index (κ3) is 2.48. The molecule has 1 aromatic heterocycles. The lowest BCUT2D eigenvalue weighted by atomic mass is 10.1. The van der Waals surface area contributed by atoms with Crippen LogP contribution in [0.4, 0.5) is 17.5 Å². The van der Waals surface area contributed by atoms with Crippen molar-refractivity contribution in [2.75, 3.05) is 24.2 Å². The SMILES string of the molecule is CN(c1cccc(Br)c1)c1nc(N)nc2c1CNCC2. The van der Waals surface area contributed by atoms with Gasteiger partial charge in [-0.2, -0.15) is 4.98 Å². The molecule has 3 rings (SSSR count). The smallest absolute Gasteiger partial charge is 0.222 e. The molecule has 2 aromatic rings. The predicted molar refractivity (Wildman–Crippen MR) is 84.1 cm³/mol. The first-order chi connectivity index (χ1) is 9.65. The van der Waals surface area contributed by atoms with E-state index in [2.05, 4.69) is 42.2 Å². The van der Waals surface area contributed by atoms with E-state index >= 15 is 0 Å². The lowest BCUT2D eigenvalue weighted by Crippen LogP contribution is -2.28. The minimum absolute atomic E-state index is 0.336. The normalized spacial score (nSPS) is 13.9. The first-order valence-corrected chi connectivity index (χ1v) is 7.30. The van der Waals surface area contributed by atoms with Crippen molar-refractivity contribution >= 4 is 33.4 Å². The Morgan fingerprint density at radius 1 is 1.35 bits per heavy atom. The number of fused-ring (bicyclic) bond motifs is 1. The lowest BCUT2D eigenvalue weighted by Gasteiger charge is -2.25. The summed E-state index contributed by atoms with van der Waals surface area (Å²) in [5.41, 5.74) is 9.09. The fourth-order valence-corrected chi connectivity index (χ4v) is 2.82. The highest BCUT2D eigenvalue weighted by Crippen LogP contribution is 2.30. The second-order valence-corrected chi connectivity index (χ2v) is 5.71. The number of halogens is 1. The summed E-state index contributed by atoms with van der Waals surface area (Å²) >= 11 is 3.50. The van der Waals surface area contributed by atoms with Crippen molar-refractivity contribution < 1.29 is 0 Å². The van der Waals surface area contributed by atoms with E-state index in [1.807, 2.05) is 25.2 Å². The van der Waals surface area contributed by atoms with Crippen molar-refractivity contribution in [3.05, 3.63) is 40.0 Å². The van der Waals surface area contributed by atoms with E-state index in [-0.39, 0.29) is 0 Å². The van der Waals surface area contributed by atoms with Crippen LogP contribution < -0.4 is 16.0 Å². The Labute approximate surface area is 126 Å². The minimum Gasteiger partial charge on any atom is -0.368 e. The van der Waals surface area contributed by atoms with Gasteiger partial charge in [0.2, 0.25) is 5.95 Å². The Bertz CT molecular complexity index is 643. The van der Waals surface area contributed by atoms with Crippen molar-refractivity contribution in [3.8, 4) is 0 Å². The average molecular weight is 334 g/mol. The number of benzene rings is 1. The summed E-state index contributed by atoms with van der Waals surface area (Å²) in [6, 6.07) is 8.11. The van der Waals surface area contributed by atoms with Crippen molar-refractivity contribution in [1.29, 1.82) is 0 Å². The molecule has 0 amide bonds. The molecule has 0 spiro atoms. The number of anilines is 3. The maximum absolute atomic E-state index is 5.85. The molecule has 0 saturated carbocycles. The van der Waals surface area contributed by atoms with Crippen molar-refractivity contribution in [1.82, 2.24) is 15.3 Å². The molecule has 0 aliphatic carbocycles. The van der Waals surface area contributed by atoms with Crippen molar-refractivity contribution in [3.63, 3.8) is 0 Å². The summed E-state index contributed by atoms with van der Waals surface area (Å²) in [5.74, 6) is 1.21. The monoisotopic (exact) mass is 333 g/mol. The molecule has 3 N–H and O–H groups in total. The van der Waals surface area contributed by atoms with Gasteiger partial charge in [-0.05, 0) is 18.2 Å². The molecule has 0 bridgehead atoms. The minimum atomic E-state index is 0.336. The average Bonchev–Trinajstić information content (AvgIpc) is 2.45. The standard InChI is InChI=1S/C14H16BrN5/c1-20(10-4-2-3-9(15)7-10)13-11-8-17-6-5-12(11)18-14(16)19-13/h2-4,7,17H,5-6,8H2,1H3,(H2,16,18,19). The Hall–Kier alpha value is -1.66. The third-order valence-corrected chi connectivity index (χ3v) is 3.94. The molecule has 0 saturated heterocycles. The fourth-order valence-electron chi connectivity index (χ4n) is 2.43. The Kier molecular flexibility index (Phi) is 3.58. The molecule has 2 heterocycles. The third-order valence-electron chi connectivity index (χ3n) is 3.44. The molecule has 20 heavy (non-hydrogen) atoms. The summed E-state index contributed by atoms with van der Waals surface area (Å²) in [7, 11) is 2.00. The van der Waals surface area contributed by atoms with E-state index in [1.54, 1.807) is 0 Å². The van der Waals surface area contributed by atoms with Gasteiger partial charge in [0.1, 0.15) is 5.82 Å². The van der Waals surface area contributed by atoms with Crippen LogP contribution in [-0.2, 0) is 13.0 Å². The number of nitrogens with two attached hydrogens (primary N) is 1. The number of aromatic nitrogens is 2. The molecular formula is C14H16BrN5. The van der Waals surface area contributed by atoms with Gasteiger partial charge in [-0.1, -0.05) is 22.0 Å². The molecule has 1 aliphatic rings. The molecular weight excluding hydrogens is 318 g/mol. The van der Waals surface area contributed by atoms with Crippen LogP contribution in [0.3, 0.4) is 0 Å². The van der Waals surface area contributed by atoms with Crippen LogP contribution in [0.2, 0.25) is 0 Å². The quantitative estimate of drug-likeness (QED) is 0.882. The summed E-state index contributed by atoms with van der Waals surface area (Å²) in [6.07, 6.45) is 0.890. The topological polar surface area (TPSA) is 67.1 Å². The number of hydrogen-bond donors (Lipinski definition) is 2. The summed E-state index contributed by atoms with van der Waals surface area (Å²) in [6.45, 7) is 1.72. The summed E-state index contributed by atoms with van der Waals surface area (Å²) in [5, 5.41) is 3.36. The number of nitrogens with one attached hydrogen (secondary N) is 1. The van der Waals surface area contributed by atoms with E-state index < -0.39 is 0 Å². The highest BCUT2D eigenvalue weighted by atomic mass is 79.9. The van der Waals surface area contributed by atoms with Crippen LogP contribution in [0.5, 0.6) is 0 Å². The summed E-state index contributed by atoms with van der Waals surface area (Å²) in [4.78, 5) is 10.8. The molecule has 0 radical (unpaired) electrons. The lowest BCUT2D eigenvalue weighted by molar-refractivity contribution is 0.627. The summed E-state index contributed by atoms with van der Waals surface area (Å²) < 4.78 is 1.04. The zero-order chi connectivity index (χ0) is 14.1. The van der Waals surface area contributed by atoms with Crippen LogP contribution in [-0.4, -0.2) is 23.6 Å². The van der Waals surface area contributed by atoms with Gasteiger partial charge in [0.25, 0.3) is 0 Å². The zero-order valence-corrected chi connectivity index (χ0v) is 12.8. The van der Waals surface area contributed by atoms with Gasteiger partial charge in [-0.15, -0.1) is 0 Å². The van der Waals surface area contributed by atoms with E-state index in [4.69, 9.17) is 5.73 Å². The first kappa shape index (κ1) is 13.3. The maximum Gasteiger partial charge on any atom is 0.222 e. The Morgan fingerprint density at radius 2 is 2.20 bits per heavy atom.